The van der Waals surface area contributed by atoms with Gasteiger partial charge in [-0.3, -0.25) is 0 Å². The third kappa shape index (κ3) is 4.87. The largest absolute Gasteiger partial charge is 0.465 e. The van der Waals surface area contributed by atoms with Gasteiger partial charge in [0.25, 0.3) is 0 Å². The molecule has 0 saturated carbocycles. The van der Waals surface area contributed by atoms with Crippen LogP contribution < -0.4 is 15.9 Å². The topological polar surface area (TPSA) is 52.6 Å². The molecule has 160 valence electrons. The highest BCUT2D eigenvalue weighted by Crippen LogP contribution is 2.34. The van der Waals surface area contributed by atoms with Crippen LogP contribution in [0.2, 0.25) is 0 Å². The van der Waals surface area contributed by atoms with Crippen molar-refractivity contribution < 1.29 is 19.1 Å². The number of allylic oxidation sites excluding steroid dienone is 2. The van der Waals surface area contributed by atoms with Crippen molar-refractivity contribution in [2.75, 3.05) is 13.7 Å². The highest BCUT2D eigenvalue weighted by molar-refractivity contribution is 7.80. The average Bonchev–Trinajstić information content (AvgIpc) is 3.37. The quantitative estimate of drug-likeness (QED) is 0.408. The van der Waals surface area contributed by atoms with Crippen LogP contribution in [-0.2, 0) is 9.47 Å². The average molecular weight is 442 g/mol. The fraction of sp³-hybridized carbons (Fsp3) is 0.111. The van der Waals surface area contributed by atoms with Crippen molar-refractivity contribution in [1.82, 2.24) is 0 Å². The zero-order valence-corrected chi connectivity index (χ0v) is 18.6. The van der Waals surface area contributed by atoms with E-state index in [1.54, 1.807) is 18.2 Å². The summed E-state index contributed by atoms with van der Waals surface area (Å²) in [5, 5.41) is 2.91. The lowest BCUT2D eigenvalue weighted by atomic mass is 10.1. The van der Waals surface area contributed by atoms with E-state index >= 15 is 0 Å². The Hall–Kier alpha value is -3.49. The number of esters is 2. The van der Waals surface area contributed by atoms with E-state index in [9.17, 15) is 9.59 Å². The number of hydrogen-bond acceptors (Lipinski definition) is 4. The predicted octanol–water partition coefficient (Wildman–Crippen LogP) is 4.13. The maximum Gasteiger partial charge on any atom is 0.338 e. The van der Waals surface area contributed by atoms with Crippen LogP contribution in [0, 0.1) is 5.92 Å². The second-order valence-corrected chi connectivity index (χ2v) is 9.45. The van der Waals surface area contributed by atoms with E-state index in [1.165, 1.54) is 7.11 Å². The number of benzene rings is 3. The summed E-state index contributed by atoms with van der Waals surface area (Å²) in [6, 6.07) is 25.1. The van der Waals surface area contributed by atoms with Gasteiger partial charge >= 0.3 is 11.9 Å². The van der Waals surface area contributed by atoms with Crippen molar-refractivity contribution in [3.05, 3.63) is 114 Å². The minimum absolute atomic E-state index is 0.0959. The molecule has 4 rings (SSSR count). The number of carbonyl (C=O) groups is 2. The Bertz CT molecular complexity index is 1100. The van der Waals surface area contributed by atoms with Gasteiger partial charge in [-0.2, -0.15) is 0 Å². The molecule has 3 aromatic rings. The Morgan fingerprint density at radius 2 is 1.41 bits per heavy atom. The van der Waals surface area contributed by atoms with Gasteiger partial charge in [0.1, 0.15) is 6.61 Å². The summed E-state index contributed by atoms with van der Waals surface area (Å²) in [6.07, 6.45) is 7.86. The maximum atomic E-state index is 12.8. The van der Waals surface area contributed by atoms with E-state index in [1.807, 2.05) is 85.0 Å². The molecule has 1 aliphatic rings. The van der Waals surface area contributed by atoms with Gasteiger partial charge in [-0.25, -0.2) is 9.59 Å². The highest BCUT2D eigenvalue weighted by atomic mass is 31.1. The van der Waals surface area contributed by atoms with Crippen LogP contribution in [0.1, 0.15) is 20.7 Å². The van der Waals surface area contributed by atoms with Gasteiger partial charge in [0.05, 0.1) is 18.2 Å². The molecule has 4 nitrogen and oxygen atoms in total. The monoisotopic (exact) mass is 442 g/mol. The normalized spacial score (nSPS) is 12.8. The fourth-order valence-electron chi connectivity index (χ4n) is 3.55. The Kier molecular flexibility index (Phi) is 6.94. The van der Waals surface area contributed by atoms with E-state index in [4.69, 9.17) is 9.47 Å². The molecule has 0 heterocycles. The van der Waals surface area contributed by atoms with Gasteiger partial charge in [-0.05, 0) is 36.7 Å². The summed E-state index contributed by atoms with van der Waals surface area (Å²) in [5.74, 6) is -0.744. The highest BCUT2D eigenvalue weighted by Gasteiger charge is 2.25. The molecule has 0 aliphatic heterocycles. The van der Waals surface area contributed by atoms with E-state index in [-0.39, 0.29) is 12.5 Å². The van der Waals surface area contributed by atoms with E-state index in [0.717, 1.165) is 15.9 Å². The van der Waals surface area contributed by atoms with Gasteiger partial charge in [-0.15, -0.1) is 0 Å². The minimum atomic E-state index is -1.09. The molecule has 0 bridgehead atoms. The lowest BCUT2D eigenvalue weighted by Gasteiger charge is -2.22. The summed E-state index contributed by atoms with van der Waals surface area (Å²) in [4.78, 5) is 25.5. The molecule has 3 aromatic carbocycles. The van der Waals surface area contributed by atoms with Crippen LogP contribution in [0.4, 0.5) is 0 Å². The minimum Gasteiger partial charge on any atom is -0.465 e. The summed E-state index contributed by atoms with van der Waals surface area (Å²) in [6.45, 7) is 0.284. The Labute approximate surface area is 188 Å². The maximum absolute atomic E-state index is 12.8. The standard InChI is InChI=1S/C27H23O4P/c1-30-27(29)24-17-16-21(26(28)31-19-20-10-8-9-11-20)18-25(24)32(22-12-4-2-5-13-22)23-14-6-3-7-15-23/h2-18,20H,19H2,1H3. The van der Waals surface area contributed by atoms with Crippen LogP contribution in [0.5, 0.6) is 0 Å². The zero-order valence-electron chi connectivity index (χ0n) is 17.7. The molecule has 1 aliphatic carbocycles. The lowest BCUT2D eigenvalue weighted by molar-refractivity contribution is 0.0483. The number of hydrogen-bond donors (Lipinski definition) is 0. The van der Waals surface area contributed by atoms with Crippen LogP contribution in [0.15, 0.2) is 103 Å². The first-order valence-corrected chi connectivity index (χ1v) is 11.7. The number of carbonyl (C=O) groups excluding carboxylic acids is 2. The SMILES string of the molecule is COC(=O)c1ccc(C(=O)OCC2C=CC=C2)cc1P(c1ccccc1)c1ccccc1. The summed E-state index contributed by atoms with van der Waals surface area (Å²) in [5.41, 5.74) is 0.863. The van der Waals surface area contributed by atoms with E-state index < -0.39 is 19.9 Å². The van der Waals surface area contributed by atoms with Crippen LogP contribution in [0.25, 0.3) is 0 Å². The second kappa shape index (κ2) is 10.2. The number of ether oxygens (including phenoxy) is 2. The second-order valence-electron chi connectivity index (χ2n) is 7.26. The van der Waals surface area contributed by atoms with Gasteiger partial charge in [0.2, 0.25) is 0 Å². The molecular formula is C27H23O4P. The molecular weight excluding hydrogens is 419 g/mol. The first kappa shape index (κ1) is 21.7. The molecule has 0 N–H and O–H groups in total. The Balaban J connectivity index is 1.77. The Morgan fingerprint density at radius 1 is 0.812 bits per heavy atom. The zero-order chi connectivity index (χ0) is 22.3. The molecule has 5 heteroatoms. The predicted molar refractivity (Wildman–Crippen MR) is 129 cm³/mol. The van der Waals surface area contributed by atoms with Crippen LogP contribution in [0.3, 0.4) is 0 Å². The number of methoxy groups -OCH3 is 1. The third-order valence-corrected chi connectivity index (χ3v) is 7.62. The van der Waals surface area contributed by atoms with E-state index in [2.05, 4.69) is 0 Å². The van der Waals surface area contributed by atoms with Crippen LogP contribution in [-0.4, -0.2) is 25.7 Å². The van der Waals surface area contributed by atoms with Gasteiger partial charge in [-0.1, -0.05) is 85.0 Å². The fourth-order valence-corrected chi connectivity index (χ4v) is 6.02. The van der Waals surface area contributed by atoms with Crippen molar-refractivity contribution in [3.8, 4) is 0 Å². The lowest BCUT2D eigenvalue weighted by Crippen LogP contribution is -2.27. The summed E-state index contributed by atoms with van der Waals surface area (Å²) >= 11 is 0. The molecule has 0 atom stereocenters. The smallest absolute Gasteiger partial charge is 0.338 e. The van der Waals surface area contributed by atoms with Gasteiger partial charge < -0.3 is 9.47 Å². The Morgan fingerprint density at radius 3 is 1.97 bits per heavy atom. The number of rotatable bonds is 7. The molecule has 0 amide bonds. The van der Waals surface area contributed by atoms with Crippen molar-refractivity contribution in [3.63, 3.8) is 0 Å². The summed E-state index contributed by atoms with van der Waals surface area (Å²) in [7, 11) is 0.271. The molecule has 0 aromatic heterocycles. The molecule has 0 fully saturated rings. The van der Waals surface area contributed by atoms with Crippen LogP contribution >= 0.6 is 7.92 Å². The first-order chi connectivity index (χ1) is 15.7. The van der Waals surface area contributed by atoms with Crippen molar-refractivity contribution in [1.29, 1.82) is 0 Å². The summed E-state index contributed by atoms with van der Waals surface area (Å²) < 4.78 is 10.6. The van der Waals surface area contributed by atoms with Crippen molar-refractivity contribution in [2.45, 2.75) is 0 Å². The third-order valence-electron chi connectivity index (χ3n) is 5.14. The molecule has 0 spiro atoms. The van der Waals surface area contributed by atoms with Gasteiger partial charge in [0.15, 0.2) is 0 Å². The molecule has 0 saturated heterocycles. The molecule has 0 unspecified atom stereocenters. The van der Waals surface area contributed by atoms with E-state index in [0.29, 0.717) is 11.1 Å². The first-order valence-electron chi connectivity index (χ1n) is 10.3. The van der Waals surface area contributed by atoms with Crippen molar-refractivity contribution in [2.24, 2.45) is 5.92 Å². The molecule has 32 heavy (non-hydrogen) atoms. The van der Waals surface area contributed by atoms with Gasteiger partial charge in [0, 0.05) is 11.2 Å². The molecule has 0 radical (unpaired) electrons. The van der Waals surface area contributed by atoms with Crippen molar-refractivity contribution >= 4 is 35.8 Å².